The van der Waals surface area contributed by atoms with Crippen LogP contribution >= 0.6 is 23.1 Å². The molecular weight excluding hydrogens is 360 g/mol. The van der Waals surface area contributed by atoms with Crippen molar-refractivity contribution >= 4 is 50.1 Å². The second-order valence-electron chi connectivity index (χ2n) is 6.61. The number of nitrogens with zero attached hydrogens (tertiary/aromatic N) is 2. The van der Waals surface area contributed by atoms with E-state index in [0.717, 1.165) is 28.2 Å². The van der Waals surface area contributed by atoms with Crippen LogP contribution in [-0.2, 0) is 12.8 Å². The van der Waals surface area contributed by atoms with Crippen molar-refractivity contribution in [3.05, 3.63) is 59.8 Å². The molecule has 0 unspecified atom stereocenters. The lowest BCUT2D eigenvalue weighted by atomic mass is 9.96. The first-order valence-corrected chi connectivity index (χ1v) is 10.7. The fourth-order valence-electron chi connectivity index (χ4n) is 3.88. The summed E-state index contributed by atoms with van der Waals surface area (Å²) in [4.78, 5) is 17.7. The second kappa shape index (κ2) is 6.56. The van der Waals surface area contributed by atoms with Crippen molar-refractivity contribution in [2.24, 2.45) is 0 Å². The Balaban J connectivity index is 1.47. The molecule has 2 aromatic carbocycles. The van der Waals surface area contributed by atoms with Crippen molar-refractivity contribution in [1.29, 1.82) is 0 Å². The van der Waals surface area contributed by atoms with E-state index in [9.17, 15) is 4.79 Å². The molecule has 2 heterocycles. The maximum absolute atomic E-state index is 13.1. The van der Waals surface area contributed by atoms with E-state index in [0.29, 0.717) is 5.75 Å². The van der Waals surface area contributed by atoms with E-state index in [1.807, 2.05) is 28.8 Å². The van der Waals surface area contributed by atoms with Crippen LogP contribution in [0.15, 0.2) is 52.9 Å². The number of thiazole rings is 1. The van der Waals surface area contributed by atoms with Crippen molar-refractivity contribution in [2.75, 3.05) is 5.75 Å². The smallest absolute Gasteiger partial charge is 0.241 e. The molecule has 0 saturated heterocycles. The number of aromatic nitrogens is 2. The molecule has 0 aliphatic heterocycles. The highest BCUT2D eigenvalue weighted by atomic mass is 32.2. The molecule has 0 radical (unpaired) electrons. The molecule has 2 aromatic heterocycles. The topological polar surface area (TPSA) is 34.9 Å². The molecule has 0 fully saturated rings. The number of fused-ring (bicyclic) bond motifs is 4. The molecule has 0 amide bonds. The molecule has 0 atom stereocenters. The fourth-order valence-corrected chi connectivity index (χ4v) is 5.80. The van der Waals surface area contributed by atoms with E-state index in [1.54, 1.807) is 23.1 Å². The summed E-state index contributed by atoms with van der Waals surface area (Å²) in [6.07, 6.45) is 4.47. The van der Waals surface area contributed by atoms with Gasteiger partial charge in [0, 0.05) is 11.1 Å². The third kappa shape index (κ3) is 2.66. The Labute approximate surface area is 160 Å². The minimum Gasteiger partial charge on any atom is -0.283 e. The molecule has 0 N–H and O–H groups in total. The van der Waals surface area contributed by atoms with Crippen LogP contribution in [0.5, 0.6) is 0 Å². The first-order valence-electron chi connectivity index (χ1n) is 8.94. The van der Waals surface area contributed by atoms with Gasteiger partial charge in [0.25, 0.3) is 0 Å². The van der Waals surface area contributed by atoms with E-state index in [1.165, 1.54) is 34.2 Å². The number of thioether (sulfide) groups is 1. The van der Waals surface area contributed by atoms with Gasteiger partial charge < -0.3 is 0 Å². The molecule has 1 aliphatic rings. The highest BCUT2D eigenvalue weighted by molar-refractivity contribution is 8.01. The quantitative estimate of drug-likeness (QED) is 0.438. The zero-order valence-electron chi connectivity index (χ0n) is 14.3. The van der Waals surface area contributed by atoms with Crippen molar-refractivity contribution in [3.8, 4) is 0 Å². The Morgan fingerprint density at radius 1 is 1.08 bits per heavy atom. The Hall–Kier alpha value is -2.11. The van der Waals surface area contributed by atoms with E-state index in [2.05, 4.69) is 29.2 Å². The normalized spacial score (nSPS) is 14.0. The summed E-state index contributed by atoms with van der Waals surface area (Å²) >= 11 is 3.21. The molecule has 26 heavy (non-hydrogen) atoms. The van der Waals surface area contributed by atoms with Gasteiger partial charge in [-0.25, -0.2) is 4.98 Å². The number of aryl methyl sites for hydroxylation is 1. The summed E-state index contributed by atoms with van der Waals surface area (Å²) in [6, 6.07) is 16.5. The molecule has 4 aromatic rings. The Morgan fingerprint density at radius 3 is 2.81 bits per heavy atom. The molecule has 0 spiro atoms. The number of para-hydroxylation sites is 2. The first kappa shape index (κ1) is 16.1. The number of carbonyl (C=O) groups excluding carboxylic acids is 1. The van der Waals surface area contributed by atoms with E-state index >= 15 is 0 Å². The number of hydrogen-bond donors (Lipinski definition) is 0. The highest BCUT2D eigenvalue weighted by Gasteiger charge is 2.23. The minimum absolute atomic E-state index is 0.161. The predicted octanol–water partition coefficient (Wildman–Crippen LogP) is 5.56. The average molecular weight is 379 g/mol. The monoisotopic (exact) mass is 378 g/mol. The van der Waals surface area contributed by atoms with E-state index < -0.39 is 0 Å². The van der Waals surface area contributed by atoms with Gasteiger partial charge in [0.2, 0.25) is 5.91 Å². The average Bonchev–Trinajstić information content (AvgIpc) is 3.25. The lowest BCUT2D eigenvalue weighted by Crippen LogP contribution is -2.18. The van der Waals surface area contributed by atoms with Crippen LogP contribution in [0.4, 0.5) is 0 Å². The number of carbonyl (C=O) groups is 1. The van der Waals surface area contributed by atoms with Crippen LogP contribution in [0.1, 0.15) is 28.9 Å². The van der Waals surface area contributed by atoms with Gasteiger partial charge >= 0.3 is 0 Å². The predicted molar refractivity (Wildman–Crippen MR) is 110 cm³/mol. The van der Waals surface area contributed by atoms with Crippen LogP contribution in [0.3, 0.4) is 0 Å². The molecule has 0 saturated carbocycles. The van der Waals surface area contributed by atoms with Gasteiger partial charge in [-0.2, -0.15) is 0 Å². The fraction of sp³-hybridized carbons (Fsp3) is 0.238. The zero-order chi connectivity index (χ0) is 17.5. The largest absolute Gasteiger partial charge is 0.283 e. The highest BCUT2D eigenvalue weighted by Crippen LogP contribution is 2.33. The van der Waals surface area contributed by atoms with Gasteiger partial charge in [0.05, 0.1) is 21.5 Å². The number of benzene rings is 2. The molecule has 5 heteroatoms. The van der Waals surface area contributed by atoms with Crippen LogP contribution in [0.2, 0.25) is 0 Å². The van der Waals surface area contributed by atoms with Crippen LogP contribution in [0.25, 0.3) is 21.1 Å². The molecule has 1 aliphatic carbocycles. The van der Waals surface area contributed by atoms with E-state index in [4.69, 9.17) is 0 Å². The number of hydrogen-bond acceptors (Lipinski definition) is 4. The summed E-state index contributed by atoms with van der Waals surface area (Å²) in [7, 11) is 0. The van der Waals surface area contributed by atoms with Crippen molar-refractivity contribution < 1.29 is 4.79 Å². The standard InChI is InChI=1S/C21H18N2OS2/c24-20(13-25-21-22-16-9-3-6-12-19(16)26-21)23-17-10-4-1-7-14(17)15-8-2-5-11-18(15)23/h1,3-4,6-7,9-10,12H,2,5,8,11,13H2. The summed E-state index contributed by atoms with van der Waals surface area (Å²) in [5.41, 5.74) is 4.68. The van der Waals surface area contributed by atoms with Crippen LogP contribution in [0, 0.1) is 0 Å². The van der Waals surface area contributed by atoms with Gasteiger partial charge in [0.1, 0.15) is 0 Å². The second-order valence-corrected chi connectivity index (χ2v) is 8.87. The van der Waals surface area contributed by atoms with Gasteiger partial charge in [-0.05, 0) is 49.4 Å². The van der Waals surface area contributed by atoms with Crippen molar-refractivity contribution in [3.63, 3.8) is 0 Å². The van der Waals surface area contributed by atoms with Crippen molar-refractivity contribution in [1.82, 2.24) is 9.55 Å². The van der Waals surface area contributed by atoms with Gasteiger partial charge in [0.15, 0.2) is 4.34 Å². The summed E-state index contributed by atoms with van der Waals surface area (Å²) in [5.74, 6) is 0.582. The van der Waals surface area contributed by atoms with E-state index in [-0.39, 0.29) is 5.91 Å². The Kier molecular flexibility index (Phi) is 4.06. The Bertz CT molecular complexity index is 1090. The first-order chi connectivity index (χ1) is 12.8. The Morgan fingerprint density at radius 2 is 1.88 bits per heavy atom. The molecular formula is C21H18N2OS2. The number of rotatable bonds is 3. The van der Waals surface area contributed by atoms with Crippen LogP contribution < -0.4 is 0 Å². The third-order valence-corrected chi connectivity index (χ3v) is 7.19. The van der Waals surface area contributed by atoms with Gasteiger partial charge in [-0.15, -0.1) is 11.3 Å². The van der Waals surface area contributed by atoms with Crippen molar-refractivity contribution in [2.45, 2.75) is 30.0 Å². The molecule has 5 rings (SSSR count). The van der Waals surface area contributed by atoms with Gasteiger partial charge in [-0.3, -0.25) is 9.36 Å². The lowest BCUT2D eigenvalue weighted by Gasteiger charge is -2.14. The maximum Gasteiger partial charge on any atom is 0.241 e. The minimum atomic E-state index is 0.161. The maximum atomic E-state index is 13.1. The molecule has 3 nitrogen and oxygen atoms in total. The summed E-state index contributed by atoms with van der Waals surface area (Å²) in [5, 5.41) is 1.25. The SMILES string of the molecule is O=C(CSc1nc2ccccc2s1)n1c2c(c3ccccc31)CCCC2. The summed E-state index contributed by atoms with van der Waals surface area (Å²) in [6.45, 7) is 0. The van der Waals surface area contributed by atoms with Crippen LogP contribution in [-0.4, -0.2) is 21.2 Å². The third-order valence-electron chi connectivity index (χ3n) is 5.02. The zero-order valence-corrected chi connectivity index (χ0v) is 15.9. The molecule has 0 bridgehead atoms. The van der Waals surface area contributed by atoms with Gasteiger partial charge in [-0.1, -0.05) is 42.1 Å². The lowest BCUT2D eigenvalue weighted by molar-refractivity contribution is 0.0943. The summed E-state index contributed by atoms with van der Waals surface area (Å²) < 4.78 is 4.11. The molecule has 130 valence electrons.